The molecule has 1 aromatic heterocycles. The molecule has 1 atom stereocenters. The fraction of sp³-hybridized carbons (Fsp3) is 0.238. The fourth-order valence-corrected chi connectivity index (χ4v) is 3.58. The van der Waals surface area contributed by atoms with Crippen LogP contribution in [0.25, 0.3) is 5.69 Å². The zero-order valence-electron chi connectivity index (χ0n) is 15.8. The van der Waals surface area contributed by atoms with Crippen LogP contribution in [0.4, 0.5) is 0 Å². The van der Waals surface area contributed by atoms with Gasteiger partial charge in [-0.3, -0.25) is 9.59 Å². The van der Waals surface area contributed by atoms with Crippen molar-refractivity contribution in [2.24, 2.45) is 5.73 Å². The molecule has 0 bridgehead atoms. The largest absolute Gasteiger partial charge is 0.368 e. The number of aromatic nitrogens is 3. The van der Waals surface area contributed by atoms with E-state index in [-0.39, 0.29) is 11.6 Å². The van der Waals surface area contributed by atoms with Crippen LogP contribution in [-0.4, -0.2) is 37.7 Å². The SMILES string of the molecule is Cc1ccc(-n2nnc(C(=O)N3Cc4ccccc4C[C@H]3C(N)=O)c2C)cc1. The summed E-state index contributed by atoms with van der Waals surface area (Å²) in [5, 5.41) is 8.26. The average Bonchev–Trinajstić information content (AvgIpc) is 3.08. The van der Waals surface area contributed by atoms with E-state index >= 15 is 0 Å². The lowest BCUT2D eigenvalue weighted by molar-refractivity contribution is -0.122. The monoisotopic (exact) mass is 375 g/mol. The molecule has 28 heavy (non-hydrogen) atoms. The molecule has 0 spiro atoms. The maximum absolute atomic E-state index is 13.2. The Labute approximate surface area is 162 Å². The molecule has 0 saturated heterocycles. The van der Waals surface area contributed by atoms with Gasteiger partial charge in [-0.25, -0.2) is 4.68 Å². The molecule has 1 aliphatic rings. The van der Waals surface area contributed by atoms with E-state index in [0.29, 0.717) is 18.7 Å². The number of primary amides is 1. The third kappa shape index (κ3) is 3.05. The number of hydrogen-bond acceptors (Lipinski definition) is 4. The Kier molecular flexibility index (Phi) is 4.43. The minimum absolute atomic E-state index is 0.228. The fourth-order valence-electron chi connectivity index (χ4n) is 3.58. The molecular formula is C21H21N5O2. The maximum Gasteiger partial charge on any atom is 0.277 e. The van der Waals surface area contributed by atoms with Crippen LogP contribution >= 0.6 is 0 Å². The van der Waals surface area contributed by atoms with Crippen LogP contribution in [0.5, 0.6) is 0 Å². The molecule has 7 nitrogen and oxygen atoms in total. The highest BCUT2D eigenvalue weighted by Gasteiger charge is 2.35. The van der Waals surface area contributed by atoms with Crippen LogP contribution in [0.2, 0.25) is 0 Å². The summed E-state index contributed by atoms with van der Waals surface area (Å²) in [5.74, 6) is -0.861. The summed E-state index contributed by atoms with van der Waals surface area (Å²) >= 11 is 0. The van der Waals surface area contributed by atoms with Gasteiger partial charge in [0.2, 0.25) is 5.91 Å². The quantitative estimate of drug-likeness (QED) is 0.757. The Morgan fingerprint density at radius 3 is 2.39 bits per heavy atom. The zero-order chi connectivity index (χ0) is 19.8. The third-order valence-electron chi connectivity index (χ3n) is 5.21. The van der Waals surface area contributed by atoms with Gasteiger partial charge in [0.1, 0.15) is 6.04 Å². The molecule has 7 heteroatoms. The van der Waals surface area contributed by atoms with Crippen molar-refractivity contribution in [1.82, 2.24) is 19.9 Å². The van der Waals surface area contributed by atoms with Crippen molar-refractivity contribution in [2.75, 3.05) is 0 Å². The van der Waals surface area contributed by atoms with E-state index in [4.69, 9.17) is 5.73 Å². The van der Waals surface area contributed by atoms with Gasteiger partial charge in [0.05, 0.1) is 11.4 Å². The average molecular weight is 375 g/mol. The summed E-state index contributed by atoms with van der Waals surface area (Å²) in [5.41, 5.74) is 10.5. The van der Waals surface area contributed by atoms with Crippen LogP contribution < -0.4 is 5.73 Å². The summed E-state index contributed by atoms with van der Waals surface area (Å²) in [6.07, 6.45) is 0.405. The molecule has 0 aliphatic carbocycles. The highest BCUT2D eigenvalue weighted by atomic mass is 16.2. The van der Waals surface area contributed by atoms with Crippen molar-refractivity contribution in [3.8, 4) is 5.69 Å². The van der Waals surface area contributed by atoms with Crippen molar-refractivity contribution in [3.05, 3.63) is 76.6 Å². The van der Waals surface area contributed by atoms with Crippen LogP contribution in [-0.2, 0) is 17.8 Å². The van der Waals surface area contributed by atoms with Gasteiger partial charge in [-0.2, -0.15) is 0 Å². The van der Waals surface area contributed by atoms with Gasteiger partial charge in [0.15, 0.2) is 5.69 Å². The Morgan fingerprint density at radius 2 is 1.71 bits per heavy atom. The Bertz CT molecular complexity index is 1050. The maximum atomic E-state index is 13.2. The zero-order valence-corrected chi connectivity index (χ0v) is 15.8. The van der Waals surface area contributed by atoms with Gasteiger partial charge in [-0.05, 0) is 37.1 Å². The first-order valence-electron chi connectivity index (χ1n) is 9.12. The lowest BCUT2D eigenvalue weighted by Crippen LogP contribution is -2.51. The smallest absolute Gasteiger partial charge is 0.277 e. The standard InChI is InChI=1S/C21H21N5O2/c1-13-7-9-17(10-8-13)26-14(2)19(23-24-26)21(28)25-12-16-6-4-3-5-15(16)11-18(25)20(22)27/h3-10,18H,11-12H2,1-2H3,(H2,22,27)/t18-/m0/s1. The highest BCUT2D eigenvalue weighted by Crippen LogP contribution is 2.25. The number of carbonyl (C=O) groups is 2. The molecule has 142 valence electrons. The van der Waals surface area contributed by atoms with E-state index in [1.165, 1.54) is 4.90 Å². The van der Waals surface area contributed by atoms with Crippen molar-refractivity contribution in [3.63, 3.8) is 0 Å². The van der Waals surface area contributed by atoms with Crippen LogP contribution in [0.15, 0.2) is 48.5 Å². The van der Waals surface area contributed by atoms with Gasteiger partial charge in [0.25, 0.3) is 5.91 Å². The molecule has 2 amide bonds. The number of rotatable bonds is 3. The summed E-state index contributed by atoms with van der Waals surface area (Å²) in [6.45, 7) is 4.12. The Morgan fingerprint density at radius 1 is 1.04 bits per heavy atom. The Balaban J connectivity index is 1.69. The van der Waals surface area contributed by atoms with Crippen LogP contribution in [0, 0.1) is 13.8 Å². The first-order chi connectivity index (χ1) is 13.5. The van der Waals surface area contributed by atoms with E-state index in [1.54, 1.807) is 11.6 Å². The van der Waals surface area contributed by atoms with Crippen molar-refractivity contribution in [1.29, 1.82) is 0 Å². The number of amides is 2. The van der Waals surface area contributed by atoms with Crippen LogP contribution in [0.1, 0.15) is 32.9 Å². The van der Waals surface area contributed by atoms with Gasteiger partial charge < -0.3 is 10.6 Å². The topological polar surface area (TPSA) is 94.1 Å². The second-order valence-electron chi connectivity index (χ2n) is 7.09. The first-order valence-corrected chi connectivity index (χ1v) is 9.12. The summed E-state index contributed by atoms with van der Waals surface area (Å²) in [4.78, 5) is 26.8. The molecule has 0 unspecified atom stereocenters. The molecule has 2 heterocycles. The van der Waals surface area contributed by atoms with Gasteiger partial charge in [-0.15, -0.1) is 5.10 Å². The van der Waals surface area contributed by atoms with Crippen LogP contribution in [0.3, 0.4) is 0 Å². The normalized spacial score (nSPS) is 15.9. The number of fused-ring (bicyclic) bond motifs is 1. The second-order valence-corrected chi connectivity index (χ2v) is 7.09. The number of carbonyl (C=O) groups excluding carboxylic acids is 2. The van der Waals surface area contributed by atoms with E-state index in [9.17, 15) is 9.59 Å². The molecule has 2 N–H and O–H groups in total. The molecule has 0 saturated carbocycles. The predicted octanol–water partition coefficient (Wildman–Crippen LogP) is 1.94. The number of benzene rings is 2. The summed E-state index contributed by atoms with van der Waals surface area (Å²) in [6, 6.07) is 14.9. The van der Waals surface area contributed by atoms with Gasteiger partial charge >= 0.3 is 0 Å². The molecule has 0 fully saturated rings. The third-order valence-corrected chi connectivity index (χ3v) is 5.21. The Hall–Kier alpha value is -3.48. The molecule has 1 aliphatic heterocycles. The molecular weight excluding hydrogens is 354 g/mol. The molecule has 4 rings (SSSR count). The minimum atomic E-state index is -0.702. The van der Waals surface area contributed by atoms with E-state index in [0.717, 1.165) is 22.4 Å². The van der Waals surface area contributed by atoms with Crippen molar-refractivity contribution >= 4 is 11.8 Å². The minimum Gasteiger partial charge on any atom is -0.368 e. The van der Waals surface area contributed by atoms with E-state index in [1.807, 2.05) is 55.5 Å². The van der Waals surface area contributed by atoms with Gasteiger partial charge in [-0.1, -0.05) is 47.2 Å². The molecule has 0 radical (unpaired) electrons. The predicted molar refractivity (Wildman–Crippen MR) is 104 cm³/mol. The number of hydrogen-bond donors (Lipinski definition) is 1. The van der Waals surface area contributed by atoms with E-state index in [2.05, 4.69) is 10.3 Å². The number of nitrogens with two attached hydrogens (primary N) is 1. The molecule has 3 aromatic rings. The van der Waals surface area contributed by atoms with Crippen molar-refractivity contribution < 1.29 is 9.59 Å². The second kappa shape index (κ2) is 6.92. The van der Waals surface area contributed by atoms with Gasteiger partial charge in [0, 0.05) is 13.0 Å². The first kappa shape index (κ1) is 17.9. The summed E-state index contributed by atoms with van der Waals surface area (Å²) in [7, 11) is 0. The van der Waals surface area contributed by atoms with E-state index < -0.39 is 11.9 Å². The molecule has 2 aromatic carbocycles. The number of aryl methyl sites for hydroxylation is 1. The number of nitrogens with zero attached hydrogens (tertiary/aromatic N) is 4. The van der Waals surface area contributed by atoms with Crippen molar-refractivity contribution in [2.45, 2.75) is 32.9 Å². The lowest BCUT2D eigenvalue weighted by Gasteiger charge is -2.34. The highest BCUT2D eigenvalue weighted by molar-refractivity contribution is 5.97. The lowest BCUT2D eigenvalue weighted by atomic mass is 9.93. The summed E-state index contributed by atoms with van der Waals surface area (Å²) < 4.78 is 1.63.